The molecule has 0 aromatic heterocycles. The molecule has 1 amide bonds. The molecule has 1 N–H and O–H groups in total. The first-order valence-electron chi connectivity index (χ1n) is 7.25. The normalized spacial score (nSPS) is 16.8. The van der Waals surface area contributed by atoms with E-state index in [2.05, 4.69) is 30.4 Å². The van der Waals surface area contributed by atoms with E-state index in [1.54, 1.807) is 0 Å². The molecule has 0 bridgehead atoms. The molecule has 102 valence electrons. The van der Waals surface area contributed by atoms with E-state index in [0.717, 1.165) is 24.8 Å². The molecule has 0 saturated carbocycles. The number of nitrogens with one attached hydrogen (secondary N) is 1. The van der Waals surface area contributed by atoms with Crippen molar-refractivity contribution in [1.29, 1.82) is 0 Å². The molecular formula is C18H19NO. The third-order valence-electron chi connectivity index (χ3n) is 4.06. The first-order chi connectivity index (χ1) is 9.78. The highest BCUT2D eigenvalue weighted by Crippen LogP contribution is 2.30. The Hall–Kier alpha value is -2.09. The average Bonchev–Trinajstić information content (AvgIpc) is 2.91. The van der Waals surface area contributed by atoms with Crippen LogP contribution in [0.2, 0.25) is 0 Å². The van der Waals surface area contributed by atoms with Crippen molar-refractivity contribution in [2.75, 3.05) is 0 Å². The van der Waals surface area contributed by atoms with Gasteiger partial charge in [-0.25, -0.2) is 0 Å². The topological polar surface area (TPSA) is 29.1 Å². The predicted octanol–water partition coefficient (Wildman–Crippen LogP) is 3.67. The number of rotatable bonds is 3. The van der Waals surface area contributed by atoms with Gasteiger partial charge in [0.2, 0.25) is 0 Å². The van der Waals surface area contributed by atoms with E-state index in [0.29, 0.717) is 0 Å². The molecule has 2 aromatic rings. The van der Waals surface area contributed by atoms with E-state index in [1.807, 2.05) is 30.3 Å². The Balaban J connectivity index is 1.73. The molecule has 0 unspecified atom stereocenters. The molecule has 3 rings (SSSR count). The Morgan fingerprint density at radius 2 is 1.90 bits per heavy atom. The number of amides is 1. The maximum Gasteiger partial charge on any atom is 0.251 e. The molecule has 0 aliphatic heterocycles. The number of carbonyl (C=O) groups excluding carboxylic acids is 1. The van der Waals surface area contributed by atoms with E-state index in [-0.39, 0.29) is 11.9 Å². The van der Waals surface area contributed by atoms with Gasteiger partial charge in [0.15, 0.2) is 0 Å². The smallest absolute Gasteiger partial charge is 0.251 e. The number of fused-ring (bicyclic) bond motifs is 1. The predicted molar refractivity (Wildman–Crippen MR) is 80.8 cm³/mol. The summed E-state index contributed by atoms with van der Waals surface area (Å²) in [5.74, 6) is 0.0226. The summed E-state index contributed by atoms with van der Waals surface area (Å²) in [7, 11) is 0. The van der Waals surface area contributed by atoms with E-state index >= 15 is 0 Å². The van der Waals surface area contributed by atoms with Gasteiger partial charge in [0, 0.05) is 5.56 Å². The van der Waals surface area contributed by atoms with E-state index in [4.69, 9.17) is 0 Å². The molecule has 0 heterocycles. The summed E-state index contributed by atoms with van der Waals surface area (Å²) in [5, 5.41) is 3.15. The largest absolute Gasteiger partial charge is 0.345 e. The average molecular weight is 265 g/mol. The van der Waals surface area contributed by atoms with Crippen LogP contribution in [-0.2, 0) is 12.8 Å². The first kappa shape index (κ1) is 12.9. The Kier molecular flexibility index (Phi) is 3.55. The van der Waals surface area contributed by atoms with Gasteiger partial charge in [-0.15, -0.1) is 0 Å². The zero-order valence-electron chi connectivity index (χ0n) is 11.7. The van der Waals surface area contributed by atoms with Gasteiger partial charge in [-0.1, -0.05) is 43.3 Å². The summed E-state index contributed by atoms with van der Waals surface area (Å²) in [6.45, 7) is 2.12. The molecule has 1 atom stereocenters. The Morgan fingerprint density at radius 1 is 1.15 bits per heavy atom. The zero-order chi connectivity index (χ0) is 13.9. The second-order valence-electron chi connectivity index (χ2n) is 5.31. The molecule has 0 radical (unpaired) electrons. The van der Waals surface area contributed by atoms with Crippen LogP contribution in [-0.4, -0.2) is 5.91 Å². The van der Waals surface area contributed by atoms with Crippen molar-refractivity contribution in [3.05, 3.63) is 70.8 Å². The van der Waals surface area contributed by atoms with E-state index < -0.39 is 0 Å². The van der Waals surface area contributed by atoms with Crippen molar-refractivity contribution >= 4 is 5.91 Å². The maximum atomic E-state index is 12.3. The minimum Gasteiger partial charge on any atom is -0.345 e. The van der Waals surface area contributed by atoms with Crippen LogP contribution in [0.25, 0.3) is 0 Å². The third kappa shape index (κ3) is 2.46. The lowest BCUT2D eigenvalue weighted by Crippen LogP contribution is -2.27. The summed E-state index contributed by atoms with van der Waals surface area (Å²) < 4.78 is 0. The highest BCUT2D eigenvalue weighted by Gasteiger charge is 2.23. The highest BCUT2D eigenvalue weighted by molar-refractivity contribution is 5.94. The summed E-state index contributed by atoms with van der Waals surface area (Å²) in [6.07, 6.45) is 3.05. The number of aryl methyl sites for hydroxylation is 2. The monoisotopic (exact) mass is 265 g/mol. The second-order valence-corrected chi connectivity index (χ2v) is 5.31. The van der Waals surface area contributed by atoms with Gasteiger partial charge >= 0.3 is 0 Å². The van der Waals surface area contributed by atoms with Gasteiger partial charge < -0.3 is 5.32 Å². The summed E-state index contributed by atoms with van der Waals surface area (Å²) in [4.78, 5) is 12.3. The highest BCUT2D eigenvalue weighted by atomic mass is 16.1. The van der Waals surface area contributed by atoms with Crippen molar-refractivity contribution in [3.63, 3.8) is 0 Å². The van der Waals surface area contributed by atoms with Crippen molar-refractivity contribution in [1.82, 2.24) is 5.32 Å². The minimum atomic E-state index is 0.0226. The quantitative estimate of drug-likeness (QED) is 0.901. The van der Waals surface area contributed by atoms with Crippen LogP contribution >= 0.6 is 0 Å². The molecule has 20 heavy (non-hydrogen) atoms. The number of hydrogen-bond donors (Lipinski definition) is 1. The number of benzene rings is 2. The molecule has 2 nitrogen and oxygen atoms in total. The van der Waals surface area contributed by atoms with Gasteiger partial charge in [0.05, 0.1) is 6.04 Å². The molecular weight excluding hydrogens is 246 g/mol. The first-order valence-corrected chi connectivity index (χ1v) is 7.25. The molecule has 1 aliphatic rings. The van der Waals surface area contributed by atoms with Crippen molar-refractivity contribution in [2.45, 2.75) is 32.2 Å². The molecule has 1 aliphatic carbocycles. The zero-order valence-corrected chi connectivity index (χ0v) is 11.7. The number of hydrogen-bond acceptors (Lipinski definition) is 1. The fourth-order valence-corrected chi connectivity index (χ4v) is 2.84. The SMILES string of the molecule is CCc1ccc(C(=O)N[C@H]2CCc3ccccc32)cc1. The van der Waals surface area contributed by atoms with Crippen molar-refractivity contribution in [3.8, 4) is 0 Å². The van der Waals surface area contributed by atoms with Crippen LogP contribution in [0.5, 0.6) is 0 Å². The Bertz CT molecular complexity index is 616. The van der Waals surface area contributed by atoms with Gasteiger partial charge in [-0.05, 0) is 48.1 Å². The lowest BCUT2D eigenvalue weighted by atomic mass is 10.1. The molecule has 0 saturated heterocycles. The Labute approximate surface area is 119 Å². The maximum absolute atomic E-state index is 12.3. The molecule has 0 spiro atoms. The van der Waals surface area contributed by atoms with Crippen LogP contribution in [0.15, 0.2) is 48.5 Å². The van der Waals surface area contributed by atoms with Gasteiger partial charge in [-0.2, -0.15) is 0 Å². The fourth-order valence-electron chi connectivity index (χ4n) is 2.84. The van der Waals surface area contributed by atoms with Crippen LogP contribution in [0.3, 0.4) is 0 Å². The summed E-state index contributed by atoms with van der Waals surface area (Å²) >= 11 is 0. The standard InChI is InChI=1S/C18H19NO/c1-2-13-7-9-15(10-8-13)18(20)19-17-12-11-14-5-3-4-6-16(14)17/h3-10,17H,2,11-12H2,1H3,(H,19,20)/t17-/m0/s1. The fraction of sp³-hybridized carbons (Fsp3) is 0.278. The van der Waals surface area contributed by atoms with E-state index in [9.17, 15) is 4.79 Å². The van der Waals surface area contributed by atoms with E-state index in [1.165, 1.54) is 16.7 Å². The van der Waals surface area contributed by atoms with Crippen LogP contribution in [0.4, 0.5) is 0 Å². The molecule has 2 aromatic carbocycles. The van der Waals surface area contributed by atoms with Gasteiger partial charge in [0.1, 0.15) is 0 Å². The second kappa shape index (κ2) is 5.49. The lowest BCUT2D eigenvalue weighted by molar-refractivity contribution is 0.0936. The van der Waals surface area contributed by atoms with Gasteiger partial charge in [-0.3, -0.25) is 4.79 Å². The molecule has 2 heteroatoms. The Morgan fingerprint density at radius 3 is 2.65 bits per heavy atom. The van der Waals surface area contributed by atoms with Crippen molar-refractivity contribution < 1.29 is 4.79 Å². The van der Waals surface area contributed by atoms with Crippen LogP contribution in [0, 0.1) is 0 Å². The van der Waals surface area contributed by atoms with Gasteiger partial charge in [0.25, 0.3) is 5.91 Å². The van der Waals surface area contributed by atoms with Crippen LogP contribution in [0.1, 0.15) is 46.4 Å². The van der Waals surface area contributed by atoms with Crippen molar-refractivity contribution in [2.24, 2.45) is 0 Å². The third-order valence-corrected chi connectivity index (χ3v) is 4.06. The molecule has 0 fully saturated rings. The minimum absolute atomic E-state index is 0.0226. The number of carbonyl (C=O) groups is 1. The van der Waals surface area contributed by atoms with Crippen LogP contribution < -0.4 is 5.32 Å². The summed E-state index contributed by atoms with van der Waals surface area (Å²) in [6, 6.07) is 16.4. The lowest BCUT2D eigenvalue weighted by Gasteiger charge is -2.14. The summed E-state index contributed by atoms with van der Waals surface area (Å²) in [5.41, 5.74) is 4.63.